The number of nitro benzene ring substituents is 1. The number of nitrogens with zero attached hydrogens (tertiary/aromatic N) is 2. The van der Waals surface area contributed by atoms with E-state index in [1.807, 2.05) is 0 Å². The molecule has 0 amide bonds. The molecule has 1 heterocycles. The van der Waals surface area contributed by atoms with Crippen molar-refractivity contribution in [2.24, 2.45) is 0 Å². The van der Waals surface area contributed by atoms with Gasteiger partial charge in [0.1, 0.15) is 5.56 Å². The van der Waals surface area contributed by atoms with Gasteiger partial charge in [-0.15, -0.1) is 0 Å². The van der Waals surface area contributed by atoms with E-state index in [-0.39, 0.29) is 28.0 Å². The third kappa shape index (κ3) is 1.70. The first-order valence-electron chi connectivity index (χ1n) is 4.24. The molecule has 0 aliphatic rings. The average Bonchev–Trinajstić information content (AvgIpc) is 2.64. The quantitative estimate of drug-likeness (QED) is 0.642. The highest BCUT2D eigenvalue weighted by molar-refractivity contribution is 6.33. The van der Waals surface area contributed by atoms with E-state index in [1.54, 1.807) is 0 Å². The highest BCUT2D eigenvalue weighted by Gasteiger charge is 2.21. The number of halogens is 1. The molecule has 2 N–H and O–H groups in total. The summed E-state index contributed by atoms with van der Waals surface area (Å²) >= 11 is 5.88. The summed E-state index contributed by atoms with van der Waals surface area (Å²) in [5, 5.41) is 11.0. The first-order chi connectivity index (χ1) is 7.59. The Hall–Kier alpha value is -2.08. The van der Waals surface area contributed by atoms with E-state index in [0.717, 1.165) is 0 Å². The van der Waals surface area contributed by atoms with Crippen LogP contribution in [0.5, 0.6) is 0 Å². The summed E-state index contributed by atoms with van der Waals surface area (Å²) < 4.78 is 5.02. The fourth-order valence-electron chi connectivity index (χ4n) is 1.31. The molecule has 6 nitrogen and oxygen atoms in total. The summed E-state index contributed by atoms with van der Waals surface area (Å²) in [5.74, 6) is 0.176. The molecule has 0 spiro atoms. The van der Waals surface area contributed by atoms with E-state index in [2.05, 4.69) is 4.98 Å². The maximum absolute atomic E-state index is 10.8. The van der Waals surface area contributed by atoms with E-state index in [0.29, 0.717) is 0 Å². The van der Waals surface area contributed by atoms with Gasteiger partial charge < -0.3 is 10.2 Å². The van der Waals surface area contributed by atoms with Gasteiger partial charge in [-0.05, 0) is 6.07 Å². The number of benzene rings is 1. The van der Waals surface area contributed by atoms with Gasteiger partial charge in [-0.1, -0.05) is 17.7 Å². The van der Waals surface area contributed by atoms with E-state index in [9.17, 15) is 10.1 Å². The van der Waals surface area contributed by atoms with Gasteiger partial charge in [0.15, 0.2) is 5.76 Å². The second-order valence-electron chi connectivity index (χ2n) is 2.95. The normalized spacial score (nSPS) is 10.3. The number of rotatable bonds is 2. The van der Waals surface area contributed by atoms with Crippen LogP contribution >= 0.6 is 11.6 Å². The SMILES string of the molecule is Nc1ncc(-c2c(Cl)cccc2[N+](=O)[O-])o1. The van der Waals surface area contributed by atoms with Gasteiger partial charge in [-0.2, -0.15) is 0 Å². The van der Waals surface area contributed by atoms with Crippen molar-refractivity contribution in [2.75, 3.05) is 5.73 Å². The van der Waals surface area contributed by atoms with Gasteiger partial charge in [0.05, 0.1) is 16.1 Å². The molecule has 0 atom stereocenters. The summed E-state index contributed by atoms with van der Waals surface area (Å²) in [7, 11) is 0. The van der Waals surface area contributed by atoms with Crippen LogP contribution in [0.1, 0.15) is 0 Å². The fourth-order valence-corrected chi connectivity index (χ4v) is 1.57. The number of anilines is 1. The molecule has 2 rings (SSSR count). The van der Waals surface area contributed by atoms with Crippen molar-refractivity contribution in [3.8, 4) is 11.3 Å². The molecule has 16 heavy (non-hydrogen) atoms. The largest absolute Gasteiger partial charge is 0.423 e. The van der Waals surface area contributed by atoms with E-state index < -0.39 is 4.92 Å². The van der Waals surface area contributed by atoms with Crippen LogP contribution < -0.4 is 5.73 Å². The number of hydrogen-bond donors (Lipinski definition) is 1. The van der Waals surface area contributed by atoms with Crippen molar-refractivity contribution in [1.29, 1.82) is 0 Å². The molecule has 0 saturated heterocycles. The van der Waals surface area contributed by atoms with Crippen molar-refractivity contribution in [2.45, 2.75) is 0 Å². The van der Waals surface area contributed by atoms with Gasteiger partial charge >= 0.3 is 0 Å². The molecular weight excluding hydrogens is 234 g/mol. The minimum Gasteiger partial charge on any atom is -0.423 e. The van der Waals surface area contributed by atoms with Crippen LogP contribution in [0.15, 0.2) is 28.8 Å². The third-order valence-electron chi connectivity index (χ3n) is 1.96. The number of nitrogens with two attached hydrogens (primary N) is 1. The standard InChI is InChI=1S/C9H6ClN3O3/c10-5-2-1-3-6(13(14)15)8(5)7-4-12-9(11)16-7/h1-4H,(H2,11,12). The molecule has 1 aromatic carbocycles. The highest BCUT2D eigenvalue weighted by atomic mass is 35.5. The smallest absolute Gasteiger partial charge is 0.292 e. The van der Waals surface area contributed by atoms with Gasteiger partial charge in [0, 0.05) is 6.07 Å². The Morgan fingerprint density at radius 3 is 2.81 bits per heavy atom. The van der Waals surface area contributed by atoms with Crippen LogP contribution in [0.4, 0.5) is 11.7 Å². The molecule has 0 fully saturated rings. The lowest BCUT2D eigenvalue weighted by Crippen LogP contribution is -1.91. The lowest BCUT2D eigenvalue weighted by Gasteiger charge is -2.00. The lowest BCUT2D eigenvalue weighted by atomic mass is 10.1. The Morgan fingerprint density at radius 2 is 2.25 bits per heavy atom. The van der Waals surface area contributed by atoms with Gasteiger partial charge in [-0.3, -0.25) is 10.1 Å². The molecule has 0 unspecified atom stereocenters. The number of nitro groups is 1. The molecule has 2 aromatic rings. The van der Waals surface area contributed by atoms with Crippen molar-refractivity contribution >= 4 is 23.3 Å². The Balaban J connectivity index is 2.67. The van der Waals surface area contributed by atoms with Crippen LogP contribution in [0, 0.1) is 10.1 Å². The van der Waals surface area contributed by atoms with E-state index >= 15 is 0 Å². The van der Waals surface area contributed by atoms with Crippen molar-refractivity contribution in [1.82, 2.24) is 4.98 Å². The summed E-state index contributed by atoms with van der Waals surface area (Å²) in [6, 6.07) is 4.29. The molecule has 1 aromatic heterocycles. The summed E-state index contributed by atoms with van der Waals surface area (Å²) in [6.07, 6.45) is 1.30. The molecule has 0 bridgehead atoms. The van der Waals surface area contributed by atoms with Gasteiger partial charge in [-0.25, -0.2) is 4.98 Å². The lowest BCUT2D eigenvalue weighted by molar-refractivity contribution is -0.384. The number of aromatic nitrogens is 1. The van der Waals surface area contributed by atoms with Crippen molar-refractivity contribution in [3.05, 3.63) is 39.5 Å². The second-order valence-corrected chi connectivity index (χ2v) is 3.36. The zero-order valence-electron chi connectivity index (χ0n) is 7.88. The zero-order valence-corrected chi connectivity index (χ0v) is 8.64. The molecule has 0 aliphatic heterocycles. The minimum atomic E-state index is -0.542. The van der Waals surface area contributed by atoms with Gasteiger partial charge in [0.25, 0.3) is 11.7 Å². The summed E-state index contributed by atoms with van der Waals surface area (Å²) in [5.41, 5.74) is 5.33. The molecule has 0 saturated carbocycles. The predicted molar refractivity (Wildman–Crippen MR) is 58.0 cm³/mol. The first kappa shape index (κ1) is 10.4. The molecule has 0 aliphatic carbocycles. The van der Waals surface area contributed by atoms with Crippen LogP contribution in [0.2, 0.25) is 5.02 Å². The fraction of sp³-hybridized carbons (Fsp3) is 0. The van der Waals surface area contributed by atoms with Gasteiger partial charge in [0.2, 0.25) is 0 Å². The Labute approximate surface area is 94.8 Å². The number of nitrogen functional groups attached to an aromatic ring is 1. The van der Waals surface area contributed by atoms with Crippen LogP contribution in [0.3, 0.4) is 0 Å². The third-order valence-corrected chi connectivity index (χ3v) is 2.27. The van der Waals surface area contributed by atoms with Crippen LogP contribution in [-0.2, 0) is 0 Å². The Bertz CT molecular complexity index is 553. The summed E-state index contributed by atoms with van der Waals surface area (Å²) in [4.78, 5) is 13.9. The van der Waals surface area contributed by atoms with E-state index in [1.165, 1.54) is 24.4 Å². The van der Waals surface area contributed by atoms with Crippen LogP contribution in [0.25, 0.3) is 11.3 Å². The molecule has 0 radical (unpaired) electrons. The number of hydrogen-bond acceptors (Lipinski definition) is 5. The number of oxazole rings is 1. The summed E-state index contributed by atoms with van der Waals surface area (Å²) in [6.45, 7) is 0. The second kappa shape index (κ2) is 3.82. The predicted octanol–water partition coefficient (Wildman–Crippen LogP) is 2.49. The van der Waals surface area contributed by atoms with Crippen molar-refractivity contribution in [3.63, 3.8) is 0 Å². The molecule has 7 heteroatoms. The topological polar surface area (TPSA) is 95.2 Å². The average molecular weight is 240 g/mol. The molecular formula is C9H6ClN3O3. The first-order valence-corrected chi connectivity index (χ1v) is 4.62. The van der Waals surface area contributed by atoms with Crippen molar-refractivity contribution < 1.29 is 9.34 Å². The molecule has 82 valence electrons. The van der Waals surface area contributed by atoms with E-state index in [4.69, 9.17) is 21.8 Å². The Morgan fingerprint density at radius 1 is 1.50 bits per heavy atom. The maximum atomic E-state index is 10.8. The van der Waals surface area contributed by atoms with Crippen LogP contribution in [-0.4, -0.2) is 9.91 Å². The Kier molecular flexibility index (Phi) is 2.49. The minimum absolute atomic E-state index is 0.0655. The monoisotopic (exact) mass is 239 g/mol. The maximum Gasteiger partial charge on any atom is 0.292 e. The highest BCUT2D eigenvalue weighted by Crippen LogP contribution is 2.36. The zero-order chi connectivity index (χ0) is 11.7.